The fourth-order valence-corrected chi connectivity index (χ4v) is 3.21. The molecule has 2 N–H and O–H groups in total. The fourth-order valence-electron chi connectivity index (χ4n) is 3.21. The Morgan fingerprint density at radius 3 is 2.91 bits per heavy atom. The Kier molecular flexibility index (Phi) is 4.48. The van der Waals surface area contributed by atoms with Crippen LogP contribution in [0, 0.1) is 0 Å². The van der Waals surface area contributed by atoms with Crippen LogP contribution in [-0.4, -0.2) is 37.4 Å². The number of hydrogen-bond acceptors (Lipinski definition) is 4. The molecule has 5 nitrogen and oxygen atoms in total. The first-order chi connectivity index (χ1) is 10.9. The van der Waals surface area contributed by atoms with Crippen LogP contribution in [0.1, 0.15) is 39.2 Å². The van der Waals surface area contributed by atoms with E-state index in [4.69, 9.17) is 4.74 Å². The maximum absolute atomic E-state index is 12.3. The topological polar surface area (TPSA) is 53.6 Å². The zero-order valence-electron chi connectivity index (χ0n) is 14.3. The third-order valence-electron chi connectivity index (χ3n) is 4.26. The average Bonchev–Trinajstić information content (AvgIpc) is 2.90. The highest BCUT2D eigenvalue weighted by Crippen LogP contribution is 2.32. The molecule has 5 heteroatoms. The van der Waals surface area contributed by atoms with E-state index in [0.717, 1.165) is 30.9 Å². The van der Waals surface area contributed by atoms with E-state index in [0.29, 0.717) is 12.6 Å². The minimum Gasteiger partial charge on any atom is -0.443 e. The summed E-state index contributed by atoms with van der Waals surface area (Å²) in [7, 11) is 0. The number of hydrogen-bond donors (Lipinski definition) is 2. The van der Waals surface area contributed by atoms with Crippen molar-refractivity contribution in [3.8, 4) is 0 Å². The second-order valence-electron chi connectivity index (χ2n) is 7.41. The summed E-state index contributed by atoms with van der Waals surface area (Å²) >= 11 is 0. The minimum absolute atomic E-state index is 0.256. The summed E-state index contributed by atoms with van der Waals surface area (Å²) in [5.41, 5.74) is 2.87. The van der Waals surface area contributed by atoms with Crippen molar-refractivity contribution in [2.45, 2.75) is 51.7 Å². The summed E-state index contributed by atoms with van der Waals surface area (Å²) < 4.78 is 5.49. The number of nitrogens with one attached hydrogen (secondary N) is 2. The number of anilines is 2. The van der Waals surface area contributed by atoms with Crippen LogP contribution in [0.2, 0.25) is 0 Å². The number of amides is 1. The van der Waals surface area contributed by atoms with Gasteiger partial charge in [-0.05, 0) is 70.3 Å². The van der Waals surface area contributed by atoms with Crippen LogP contribution in [0.5, 0.6) is 0 Å². The molecule has 3 rings (SSSR count). The smallest absolute Gasteiger partial charge is 0.414 e. The molecule has 1 aromatic carbocycles. The summed E-state index contributed by atoms with van der Waals surface area (Å²) in [6.45, 7) is 8.51. The number of carbonyl (C=O) groups is 1. The SMILES string of the molecule is CC(C)(C)OC(=O)N1CCc2cc(NC3CCCNC3)ccc21. The van der Waals surface area contributed by atoms with Gasteiger partial charge >= 0.3 is 6.09 Å². The minimum atomic E-state index is -0.463. The van der Waals surface area contributed by atoms with Crippen molar-refractivity contribution in [2.75, 3.05) is 29.9 Å². The standard InChI is InChI=1S/C18H27N3O2/c1-18(2,3)23-17(22)21-10-8-13-11-14(6-7-16(13)21)20-15-5-4-9-19-12-15/h6-7,11,15,19-20H,4-5,8-10,12H2,1-3H3. The van der Waals surface area contributed by atoms with Gasteiger partial charge in [-0.1, -0.05) is 0 Å². The van der Waals surface area contributed by atoms with E-state index in [-0.39, 0.29) is 6.09 Å². The van der Waals surface area contributed by atoms with Gasteiger partial charge in [-0.15, -0.1) is 0 Å². The average molecular weight is 317 g/mol. The molecule has 0 bridgehead atoms. The van der Waals surface area contributed by atoms with Crippen LogP contribution in [0.4, 0.5) is 16.2 Å². The van der Waals surface area contributed by atoms with Crippen LogP contribution in [0.15, 0.2) is 18.2 Å². The van der Waals surface area contributed by atoms with E-state index < -0.39 is 5.60 Å². The second kappa shape index (κ2) is 6.40. The summed E-state index contributed by atoms with van der Waals surface area (Å²) in [5.74, 6) is 0. The molecule has 1 unspecified atom stereocenters. The monoisotopic (exact) mass is 317 g/mol. The Balaban J connectivity index is 1.68. The lowest BCUT2D eigenvalue weighted by Gasteiger charge is -2.26. The van der Waals surface area contributed by atoms with Gasteiger partial charge in [0.1, 0.15) is 5.60 Å². The molecule has 0 spiro atoms. The van der Waals surface area contributed by atoms with Gasteiger partial charge in [-0.25, -0.2) is 4.79 Å². The molecule has 0 radical (unpaired) electrons. The van der Waals surface area contributed by atoms with Crippen molar-refractivity contribution in [2.24, 2.45) is 0 Å². The van der Waals surface area contributed by atoms with Crippen molar-refractivity contribution in [3.05, 3.63) is 23.8 Å². The van der Waals surface area contributed by atoms with Crippen molar-refractivity contribution in [1.29, 1.82) is 0 Å². The van der Waals surface area contributed by atoms with Gasteiger partial charge in [0, 0.05) is 24.8 Å². The Labute approximate surface area is 138 Å². The molecule has 1 fully saturated rings. The van der Waals surface area contributed by atoms with Gasteiger partial charge in [0.15, 0.2) is 0 Å². The quantitative estimate of drug-likeness (QED) is 0.880. The lowest BCUT2D eigenvalue weighted by Crippen LogP contribution is -2.38. The van der Waals surface area contributed by atoms with Crippen LogP contribution < -0.4 is 15.5 Å². The van der Waals surface area contributed by atoms with Crippen molar-refractivity contribution < 1.29 is 9.53 Å². The number of piperidine rings is 1. The first kappa shape index (κ1) is 16.1. The highest BCUT2D eigenvalue weighted by Gasteiger charge is 2.29. The normalized spacial score (nSPS) is 21.0. The van der Waals surface area contributed by atoms with Gasteiger partial charge in [-0.2, -0.15) is 0 Å². The van der Waals surface area contributed by atoms with E-state index in [2.05, 4.69) is 22.8 Å². The fraction of sp³-hybridized carbons (Fsp3) is 0.611. The number of fused-ring (bicyclic) bond motifs is 1. The van der Waals surface area contributed by atoms with Gasteiger partial charge in [-0.3, -0.25) is 4.90 Å². The number of ether oxygens (including phenoxy) is 1. The predicted octanol–water partition coefficient (Wildman–Crippen LogP) is 3.15. The molecule has 1 saturated heterocycles. The highest BCUT2D eigenvalue weighted by molar-refractivity contribution is 5.91. The molecule has 126 valence electrons. The largest absolute Gasteiger partial charge is 0.443 e. The van der Waals surface area contributed by atoms with Gasteiger partial charge in [0.05, 0.1) is 5.69 Å². The molecule has 2 aliphatic rings. The summed E-state index contributed by atoms with van der Waals surface area (Å²) in [4.78, 5) is 14.0. The first-order valence-electron chi connectivity index (χ1n) is 8.53. The van der Waals surface area contributed by atoms with Gasteiger partial charge in [0.25, 0.3) is 0 Å². The maximum Gasteiger partial charge on any atom is 0.414 e. The lowest BCUT2D eigenvalue weighted by molar-refractivity contribution is 0.0584. The second-order valence-corrected chi connectivity index (χ2v) is 7.41. The Bertz CT molecular complexity index is 574. The zero-order valence-corrected chi connectivity index (χ0v) is 14.3. The Hall–Kier alpha value is -1.75. The molecular weight excluding hydrogens is 290 g/mol. The molecule has 0 aromatic heterocycles. The van der Waals surface area contributed by atoms with Crippen molar-refractivity contribution >= 4 is 17.5 Å². The molecule has 2 heterocycles. The molecule has 23 heavy (non-hydrogen) atoms. The number of nitrogens with zero attached hydrogens (tertiary/aromatic N) is 1. The van der Waals surface area contributed by atoms with Crippen molar-refractivity contribution in [1.82, 2.24) is 5.32 Å². The Morgan fingerprint density at radius 2 is 2.22 bits per heavy atom. The zero-order chi connectivity index (χ0) is 16.4. The third kappa shape index (κ3) is 3.96. The van der Waals surface area contributed by atoms with Gasteiger partial charge in [0.2, 0.25) is 0 Å². The molecule has 1 amide bonds. The maximum atomic E-state index is 12.3. The molecule has 1 atom stereocenters. The predicted molar refractivity (Wildman–Crippen MR) is 93.2 cm³/mol. The number of rotatable bonds is 2. The van der Waals surface area contributed by atoms with E-state index >= 15 is 0 Å². The van der Waals surface area contributed by atoms with E-state index in [1.165, 1.54) is 18.4 Å². The summed E-state index contributed by atoms with van der Waals surface area (Å²) in [6, 6.07) is 6.76. The number of benzene rings is 1. The van der Waals surface area contributed by atoms with Crippen LogP contribution in [-0.2, 0) is 11.2 Å². The third-order valence-corrected chi connectivity index (χ3v) is 4.26. The first-order valence-corrected chi connectivity index (χ1v) is 8.53. The lowest BCUT2D eigenvalue weighted by atomic mass is 10.1. The van der Waals surface area contributed by atoms with Crippen LogP contribution >= 0.6 is 0 Å². The molecule has 1 aromatic rings. The van der Waals surface area contributed by atoms with Crippen LogP contribution in [0.25, 0.3) is 0 Å². The molecule has 0 aliphatic carbocycles. The van der Waals surface area contributed by atoms with E-state index in [9.17, 15) is 4.79 Å². The number of carbonyl (C=O) groups excluding carboxylic acids is 1. The molecule has 2 aliphatic heterocycles. The van der Waals surface area contributed by atoms with E-state index in [1.54, 1.807) is 4.90 Å². The molecular formula is C18H27N3O2. The summed E-state index contributed by atoms with van der Waals surface area (Å²) in [6.07, 6.45) is 3.05. The summed E-state index contributed by atoms with van der Waals surface area (Å²) in [5, 5.41) is 7.01. The van der Waals surface area contributed by atoms with E-state index in [1.807, 2.05) is 26.8 Å². The van der Waals surface area contributed by atoms with Crippen LogP contribution in [0.3, 0.4) is 0 Å². The molecule has 0 saturated carbocycles. The van der Waals surface area contributed by atoms with Crippen molar-refractivity contribution in [3.63, 3.8) is 0 Å². The Morgan fingerprint density at radius 1 is 1.39 bits per heavy atom. The highest BCUT2D eigenvalue weighted by atomic mass is 16.6. The van der Waals surface area contributed by atoms with Gasteiger partial charge < -0.3 is 15.4 Å².